The van der Waals surface area contributed by atoms with Crippen molar-refractivity contribution in [3.63, 3.8) is 0 Å². The van der Waals surface area contributed by atoms with Gasteiger partial charge in [-0.25, -0.2) is 4.79 Å². The molecule has 0 aromatic heterocycles. The molecule has 0 radical (unpaired) electrons. The molecule has 0 bridgehead atoms. The molecule has 0 fully saturated rings. The summed E-state index contributed by atoms with van der Waals surface area (Å²) in [6.45, 7) is 0.874. The van der Waals surface area contributed by atoms with E-state index in [1.165, 1.54) is 0 Å². The molecule has 0 aliphatic heterocycles. The molecule has 134 valence electrons. The van der Waals surface area contributed by atoms with Crippen molar-refractivity contribution in [3.8, 4) is 5.75 Å². The standard InChI is InChI=1S/C17H21ClN4O3/c1-25-15-8-13(20-5-4-19)7-14(9-15)21-17(24)22-16-6-12(18)3-2-11(16)10-23/h2-3,6-9,20,23H,4-5,10,19H2,1H3,(H2,21,22,24). The monoisotopic (exact) mass is 364 g/mol. The first-order chi connectivity index (χ1) is 12.0. The number of methoxy groups -OCH3 is 1. The smallest absolute Gasteiger partial charge is 0.323 e. The van der Waals surface area contributed by atoms with E-state index in [4.69, 9.17) is 22.1 Å². The predicted octanol–water partition coefficient (Wildman–Crippen LogP) is 2.86. The second-order valence-electron chi connectivity index (χ2n) is 5.20. The number of hydrogen-bond donors (Lipinski definition) is 5. The van der Waals surface area contributed by atoms with Gasteiger partial charge in [0.2, 0.25) is 0 Å². The minimum absolute atomic E-state index is 0.209. The Balaban J connectivity index is 2.13. The van der Waals surface area contributed by atoms with Gasteiger partial charge in [-0.15, -0.1) is 0 Å². The number of hydrogen-bond acceptors (Lipinski definition) is 5. The Morgan fingerprint density at radius 3 is 2.64 bits per heavy atom. The number of amides is 2. The SMILES string of the molecule is COc1cc(NCCN)cc(NC(=O)Nc2cc(Cl)ccc2CO)c1. The van der Waals surface area contributed by atoms with Gasteiger partial charge in [-0.3, -0.25) is 0 Å². The number of benzene rings is 2. The van der Waals surface area contributed by atoms with Crippen LogP contribution in [0.4, 0.5) is 21.9 Å². The highest BCUT2D eigenvalue weighted by molar-refractivity contribution is 6.31. The third-order valence-electron chi connectivity index (χ3n) is 3.36. The van der Waals surface area contributed by atoms with Gasteiger partial charge in [-0.1, -0.05) is 17.7 Å². The number of nitrogens with two attached hydrogens (primary N) is 1. The molecule has 0 spiro atoms. The molecule has 0 atom stereocenters. The lowest BCUT2D eigenvalue weighted by atomic mass is 10.2. The highest BCUT2D eigenvalue weighted by Crippen LogP contribution is 2.25. The average molecular weight is 365 g/mol. The van der Waals surface area contributed by atoms with Crippen LogP contribution in [-0.4, -0.2) is 31.3 Å². The Hall–Kier alpha value is -2.48. The quantitative estimate of drug-likeness (QED) is 0.519. The van der Waals surface area contributed by atoms with Gasteiger partial charge < -0.3 is 31.5 Å². The van der Waals surface area contributed by atoms with Gasteiger partial charge in [0.05, 0.1) is 13.7 Å². The molecule has 0 aliphatic carbocycles. The molecule has 0 saturated heterocycles. The van der Waals surface area contributed by atoms with Crippen LogP contribution in [0.1, 0.15) is 5.56 Å². The van der Waals surface area contributed by atoms with E-state index in [1.54, 1.807) is 43.5 Å². The fourth-order valence-corrected chi connectivity index (χ4v) is 2.37. The third-order valence-corrected chi connectivity index (χ3v) is 3.60. The van der Waals surface area contributed by atoms with E-state index < -0.39 is 6.03 Å². The lowest BCUT2D eigenvalue weighted by Gasteiger charge is -2.13. The lowest BCUT2D eigenvalue weighted by Crippen LogP contribution is -2.20. The molecule has 0 aliphatic rings. The van der Waals surface area contributed by atoms with Crippen LogP contribution in [-0.2, 0) is 6.61 Å². The normalized spacial score (nSPS) is 10.2. The van der Waals surface area contributed by atoms with E-state index in [0.717, 1.165) is 5.69 Å². The Kier molecular flexibility index (Phi) is 6.88. The van der Waals surface area contributed by atoms with Gasteiger partial charge in [0.15, 0.2) is 0 Å². The van der Waals surface area contributed by atoms with E-state index in [2.05, 4.69) is 16.0 Å². The van der Waals surface area contributed by atoms with Crippen LogP contribution in [0.15, 0.2) is 36.4 Å². The van der Waals surface area contributed by atoms with Crippen LogP contribution >= 0.6 is 11.6 Å². The summed E-state index contributed by atoms with van der Waals surface area (Å²) in [7, 11) is 1.55. The Morgan fingerprint density at radius 2 is 1.96 bits per heavy atom. The molecule has 0 saturated carbocycles. The summed E-state index contributed by atoms with van der Waals surface area (Å²) in [5.41, 5.74) is 7.82. The first-order valence-corrected chi connectivity index (χ1v) is 8.04. The number of carbonyl (C=O) groups excluding carboxylic acids is 1. The van der Waals surface area contributed by atoms with E-state index in [9.17, 15) is 9.90 Å². The van der Waals surface area contributed by atoms with E-state index in [0.29, 0.717) is 40.8 Å². The van der Waals surface area contributed by atoms with Crippen LogP contribution < -0.4 is 26.4 Å². The fourth-order valence-electron chi connectivity index (χ4n) is 2.20. The highest BCUT2D eigenvalue weighted by Gasteiger charge is 2.09. The first-order valence-electron chi connectivity index (χ1n) is 7.66. The average Bonchev–Trinajstić information content (AvgIpc) is 2.59. The molecule has 2 aromatic carbocycles. The number of aliphatic hydroxyl groups excluding tert-OH is 1. The van der Waals surface area contributed by atoms with Crippen LogP contribution in [0, 0.1) is 0 Å². The summed E-state index contributed by atoms with van der Waals surface area (Å²) >= 11 is 5.94. The second kappa shape index (κ2) is 9.12. The zero-order valence-electron chi connectivity index (χ0n) is 13.8. The van der Waals surface area contributed by atoms with E-state index >= 15 is 0 Å². The summed E-state index contributed by atoms with van der Waals surface area (Å²) in [6, 6.07) is 9.67. The molecule has 6 N–H and O–H groups in total. The predicted molar refractivity (Wildman–Crippen MR) is 101 cm³/mol. The molecule has 0 heterocycles. The number of nitrogens with one attached hydrogen (secondary N) is 3. The number of aliphatic hydroxyl groups is 1. The summed E-state index contributed by atoms with van der Waals surface area (Å²) < 4.78 is 5.23. The summed E-state index contributed by atoms with van der Waals surface area (Å²) in [6.07, 6.45) is 0. The van der Waals surface area contributed by atoms with E-state index in [1.807, 2.05) is 0 Å². The summed E-state index contributed by atoms with van der Waals surface area (Å²) in [5.74, 6) is 0.594. The molecule has 2 amide bonds. The second-order valence-corrected chi connectivity index (χ2v) is 5.64. The maximum Gasteiger partial charge on any atom is 0.323 e. The van der Waals surface area contributed by atoms with Gasteiger partial charge in [-0.05, 0) is 18.2 Å². The zero-order valence-corrected chi connectivity index (χ0v) is 14.6. The minimum atomic E-state index is -0.463. The molecule has 7 nitrogen and oxygen atoms in total. The maximum atomic E-state index is 12.3. The Morgan fingerprint density at radius 1 is 1.20 bits per heavy atom. The minimum Gasteiger partial charge on any atom is -0.497 e. The molecule has 25 heavy (non-hydrogen) atoms. The third kappa shape index (κ3) is 5.53. The molecule has 2 aromatic rings. The van der Waals surface area contributed by atoms with Crippen molar-refractivity contribution < 1.29 is 14.6 Å². The van der Waals surface area contributed by atoms with Crippen LogP contribution in [0.3, 0.4) is 0 Å². The van der Waals surface area contributed by atoms with Crippen LogP contribution in [0.5, 0.6) is 5.75 Å². The number of anilines is 3. The van der Waals surface area contributed by atoms with Crippen LogP contribution in [0.2, 0.25) is 5.02 Å². The maximum absolute atomic E-state index is 12.3. The number of halogens is 1. The zero-order chi connectivity index (χ0) is 18.2. The van der Waals surface area contributed by atoms with Gasteiger partial charge in [0.25, 0.3) is 0 Å². The fraction of sp³-hybridized carbons (Fsp3) is 0.235. The van der Waals surface area contributed by atoms with Crippen molar-refractivity contribution in [1.29, 1.82) is 0 Å². The highest BCUT2D eigenvalue weighted by atomic mass is 35.5. The van der Waals surface area contributed by atoms with Crippen molar-refractivity contribution in [2.24, 2.45) is 5.73 Å². The van der Waals surface area contributed by atoms with Gasteiger partial charge >= 0.3 is 6.03 Å². The number of rotatable bonds is 7. The first kappa shape index (κ1) is 18.9. The lowest BCUT2D eigenvalue weighted by molar-refractivity contribution is 0.262. The summed E-state index contributed by atoms with van der Waals surface area (Å²) in [5, 5.41) is 18.3. The Bertz CT molecular complexity index is 740. The van der Waals surface area contributed by atoms with Crippen molar-refractivity contribution in [3.05, 3.63) is 47.0 Å². The van der Waals surface area contributed by atoms with Crippen molar-refractivity contribution >= 4 is 34.7 Å². The molecule has 2 rings (SSSR count). The molecule has 0 unspecified atom stereocenters. The van der Waals surface area contributed by atoms with Gasteiger partial charge in [0.1, 0.15) is 5.75 Å². The van der Waals surface area contributed by atoms with Gasteiger partial charge in [0, 0.05) is 52.9 Å². The summed E-state index contributed by atoms with van der Waals surface area (Å²) in [4.78, 5) is 12.3. The van der Waals surface area contributed by atoms with Gasteiger partial charge in [-0.2, -0.15) is 0 Å². The van der Waals surface area contributed by atoms with Crippen molar-refractivity contribution in [1.82, 2.24) is 0 Å². The largest absolute Gasteiger partial charge is 0.497 e. The molecule has 8 heteroatoms. The molecular weight excluding hydrogens is 344 g/mol. The Labute approximate surface area is 151 Å². The van der Waals surface area contributed by atoms with Crippen molar-refractivity contribution in [2.75, 3.05) is 36.1 Å². The molecular formula is C17H21ClN4O3. The number of ether oxygens (including phenoxy) is 1. The van der Waals surface area contributed by atoms with E-state index in [-0.39, 0.29) is 6.61 Å². The number of urea groups is 1. The number of carbonyl (C=O) groups is 1. The van der Waals surface area contributed by atoms with Crippen LogP contribution in [0.25, 0.3) is 0 Å². The topological polar surface area (TPSA) is 109 Å². The van der Waals surface area contributed by atoms with Crippen molar-refractivity contribution in [2.45, 2.75) is 6.61 Å².